The molecule has 1 aliphatic carbocycles. The number of aromatic hydroxyl groups is 1. The van der Waals surface area contributed by atoms with Crippen LogP contribution in [0.2, 0.25) is 0 Å². The van der Waals surface area contributed by atoms with Crippen molar-refractivity contribution in [2.45, 2.75) is 38.1 Å². The molecular formula is C15H20ClNO2. The zero-order valence-electron chi connectivity index (χ0n) is 11.0. The van der Waals surface area contributed by atoms with E-state index in [4.69, 9.17) is 11.6 Å². The van der Waals surface area contributed by atoms with Crippen molar-refractivity contribution in [3.8, 4) is 5.75 Å². The van der Waals surface area contributed by atoms with Gasteiger partial charge in [0.1, 0.15) is 5.75 Å². The van der Waals surface area contributed by atoms with Gasteiger partial charge in [-0.3, -0.25) is 4.79 Å². The molecule has 3 nitrogen and oxygen atoms in total. The molecule has 1 saturated carbocycles. The van der Waals surface area contributed by atoms with Crippen molar-refractivity contribution in [3.05, 3.63) is 29.8 Å². The summed E-state index contributed by atoms with van der Waals surface area (Å²) in [5.41, 5.74) is 0.373. The van der Waals surface area contributed by atoms with Gasteiger partial charge in [-0.2, -0.15) is 0 Å². The van der Waals surface area contributed by atoms with Crippen LogP contribution >= 0.6 is 11.6 Å². The maximum Gasteiger partial charge on any atom is 0.257 e. The van der Waals surface area contributed by atoms with E-state index in [9.17, 15) is 9.90 Å². The van der Waals surface area contributed by atoms with Gasteiger partial charge in [0, 0.05) is 18.5 Å². The molecule has 104 valence electrons. The number of benzene rings is 1. The highest BCUT2D eigenvalue weighted by molar-refractivity contribution is 6.18. The minimum Gasteiger partial charge on any atom is -0.507 e. The third-order valence-electron chi connectivity index (χ3n) is 3.74. The quantitative estimate of drug-likeness (QED) is 0.859. The Morgan fingerprint density at radius 2 is 1.95 bits per heavy atom. The van der Waals surface area contributed by atoms with Gasteiger partial charge >= 0.3 is 0 Å². The van der Waals surface area contributed by atoms with Crippen LogP contribution < -0.4 is 0 Å². The first-order chi connectivity index (χ1) is 9.24. The van der Waals surface area contributed by atoms with Crippen LogP contribution in [0.3, 0.4) is 0 Å². The van der Waals surface area contributed by atoms with Crippen molar-refractivity contribution in [1.29, 1.82) is 0 Å². The van der Waals surface area contributed by atoms with Gasteiger partial charge in [0.15, 0.2) is 0 Å². The van der Waals surface area contributed by atoms with E-state index in [0.29, 0.717) is 18.0 Å². The van der Waals surface area contributed by atoms with Gasteiger partial charge in [0.2, 0.25) is 0 Å². The molecule has 0 aromatic heterocycles. The van der Waals surface area contributed by atoms with E-state index >= 15 is 0 Å². The lowest BCUT2D eigenvalue weighted by Crippen LogP contribution is -2.42. The summed E-state index contributed by atoms with van der Waals surface area (Å²) in [6.45, 7) is 0.541. The molecule has 1 N–H and O–H groups in total. The third kappa shape index (κ3) is 3.41. The molecule has 0 heterocycles. The minimum atomic E-state index is -0.106. The zero-order chi connectivity index (χ0) is 13.7. The largest absolute Gasteiger partial charge is 0.507 e. The summed E-state index contributed by atoms with van der Waals surface area (Å²) in [5.74, 6) is 0.365. The van der Waals surface area contributed by atoms with Gasteiger partial charge in [-0.15, -0.1) is 11.6 Å². The van der Waals surface area contributed by atoms with Crippen LogP contribution in [0.1, 0.15) is 42.5 Å². The van der Waals surface area contributed by atoms with Crippen molar-refractivity contribution >= 4 is 17.5 Å². The summed E-state index contributed by atoms with van der Waals surface area (Å²) in [6.07, 6.45) is 5.65. The van der Waals surface area contributed by atoms with E-state index in [1.807, 2.05) is 4.90 Å². The molecule has 0 aliphatic heterocycles. The Kier molecular flexibility index (Phi) is 5.08. The van der Waals surface area contributed by atoms with Crippen LogP contribution in [0, 0.1) is 0 Å². The number of phenolic OH excluding ortho intramolecular Hbond substituents is 1. The lowest BCUT2D eigenvalue weighted by molar-refractivity contribution is 0.0646. The van der Waals surface area contributed by atoms with Crippen LogP contribution in [-0.4, -0.2) is 34.4 Å². The molecule has 0 bridgehead atoms. The van der Waals surface area contributed by atoms with Crippen LogP contribution in [-0.2, 0) is 0 Å². The number of carbonyl (C=O) groups is 1. The number of para-hydroxylation sites is 1. The summed E-state index contributed by atoms with van der Waals surface area (Å²) in [6, 6.07) is 6.97. The first kappa shape index (κ1) is 14.2. The second-order valence-electron chi connectivity index (χ2n) is 5.00. The highest BCUT2D eigenvalue weighted by Crippen LogP contribution is 2.26. The smallest absolute Gasteiger partial charge is 0.257 e. The average Bonchev–Trinajstić information content (AvgIpc) is 2.45. The summed E-state index contributed by atoms with van der Waals surface area (Å²) in [4.78, 5) is 14.4. The number of hydrogen-bond acceptors (Lipinski definition) is 2. The standard InChI is InChI=1S/C15H20ClNO2/c16-10-11-17(12-6-2-1-3-7-12)15(19)13-8-4-5-9-14(13)18/h4-5,8-9,12,18H,1-3,6-7,10-11H2. The Hall–Kier alpha value is -1.22. The first-order valence-corrected chi connectivity index (χ1v) is 7.42. The van der Waals surface area contributed by atoms with E-state index in [1.54, 1.807) is 24.3 Å². The fraction of sp³-hybridized carbons (Fsp3) is 0.533. The van der Waals surface area contributed by atoms with Crippen LogP contribution in [0.5, 0.6) is 5.75 Å². The van der Waals surface area contributed by atoms with Crippen LogP contribution in [0.4, 0.5) is 0 Å². The highest BCUT2D eigenvalue weighted by atomic mass is 35.5. The molecule has 19 heavy (non-hydrogen) atoms. The normalized spacial score (nSPS) is 16.3. The third-order valence-corrected chi connectivity index (χ3v) is 3.91. The summed E-state index contributed by atoms with van der Waals surface area (Å²) in [5, 5.41) is 9.82. The zero-order valence-corrected chi connectivity index (χ0v) is 11.8. The second-order valence-corrected chi connectivity index (χ2v) is 5.37. The molecular weight excluding hydrogens is 262 g/mol. The molecule has 1 fully saturated rings. The fourth-order valence-corrected chi connectivity index (χ4v) is 2.93. The number of alkyl halides is 1. The van der Waals surface area contributed by atoms with E-state index < -0.39 is 0 Å². The monoisotopic (exact) mass is 281 g/mol. The van der Waals surface area contributed by atoms with Gasteiger partial charge in [-0.05, 0) is 25.0 Å². The molecule has 0 unspecified atom stereocenters. The number of hydrogen-bond donors (Lipinski definition) is 1. The van der Waals surface area contributed by atoms with Crippen molar-refractivity contribution in [1.82, 2.24) is 4.90 Å². The highest BCUT2D eigenvalue weighted by Gasteiger charge is 2.26. The summed E-state index contributed by atoms with van der Waals surface area (Å²) >= 11 is 5.83. The number of halogens is 1. The molecule has 0 radical (unpaired) electrons. The van der Waals surface area contributed by atoms with Gasteiger partial charge in [0.05, 0.1) is 5.56 Å². The van der Waals surface area contributed by atoms with Crippen molar-refractivity contribution in [3.63, 3.8) is 0 Å². The van der Waals surface area contributed by atoms with E-state index in [2.05, 4.69) is 0 Å². The van der Waals surface area contributed by atoms with E-state index in [1.165, 1.54) is 6.42 Å². The summed E-state index contributed by atoms with van der Waals surface area (Å²) in [7, 11) is 0. The van der Waals surface area contributed by atoms with Crippen molar-refractivity contribution < 1.29 is 9.90 Å². The van der Waals surface area contributed by atoms with Gasteiger partial charge in [-0.1, -0.05) is 31.4 Å². The Morgan fingerprint density at radius 3 is 2.58 bits per heavy atom. The number of carbonyl (C=O) groups excluding carboxylic acids is 1. The second kappa shape index (κ2) is 6.80. The Balaban J connectivity index is 2.18. The Morgan fingerprint density at radius 1 is 1.26 bits per heavy atom. The maximum atomic E-state index is 12.6. The molecule has 1 aliphatic rings. The molecule has 4 heteroatoms. The molecule has 1 aromatic rings. The SMILES string of the molecule is O=C(c1ccccc1O)N(CCCl)C1CCCCC1. The Labute approximate surface area is 119 Å². The first-order valence-electron chi connectivity index (χ1n) is 6.89. The predicted octanol–water partition coefficient (Wildman–Crippen LogP) is 3.41. The molecule has 0 spiro atoms. The van der Waals surface area contributed by atoms with Gasteiger partial charge in [-0.25, -0.2) is 0 Å². The molecule has 0 saturated heterocycles. The number of amides is 1. The van der Waals surface area contributed by atoms with E-state index in [-0.39, 0.29) is 17.7 Å². The lowest BCUT2D eigenvalue weighted by Gasteiger charge is -2.34. The fourth-order valence-electron chi connectivity index (χ4n) is 2.74. The van der Waals surface area contributed by atoms with E-state index in [0.717, 1.165) is 25.7 Å². The summed E-state index contributed by atoms with van der Waals surface area (Å²) < 4.78 is 0. The average molecular weight is 282 g/mol. The van der Waals surface area contributed by atoms with Crippen molar-refractivity contribution in [2.75, 3.05) is 12.4 Å². The molecule has 0 atom stereocenters. The molecule has 1 amide bonds. The van der Waals surface area contributed by atoms with Gasteiger partial charge in [0.25, 0.3) is 5.91 Å². The molecule has 1 aromatic carbocycles. The minimum absolute atomic E-state index is 0.0443. The van der Waals surface area contributed by atoms with Crippen LogP contribution in [0.15, 0.2) is 24.3 Å². The van der Waals surface area contributed by atoms with Crippen molar-refractivity contribution in [2.24, 2.45) is 0 Å². The topological polar surface area (TPSA) is 40.5 Å². The van der Waals surface area contributed by atoms with Crippen LogP contribution in [0.25, 0.3) is 0 Å². The Bertz CT molecular complexity index is 430. The predicted molar refractivity (Wildman–Crippen MR) is 76.7 cm³/mol. The number of phenols is 1. The maximum absolute atomic E-state index is 12.6. The number of rotatable bonds is 4. The molecule has 2 rings (SSSR count). The van der Waals surface area contributed by atoms with Gasteiger partial charge < -0.3 is 10.0 Å². The lowest BCUT2D eigenvalue weighted by atomic mass is 9.93. The number of nitrogens with zero attached hydrogens (tertiary/aromatic N) is 1.